The zero-order valence-electron chi connectivity index (χ0n) is 9.87. The fraction of sp³-hybridized carbons (Fsp3) is 0.214. The molecule has 94 valence electrons. The van der Waals surface area contributed by atoms with Crippen LogP contribution in [0.15, 0.2) is 47.2 Å². The van der Waals surface area contributed by atoms with E-state index in [0.29, 0.717) is 0 Å². The number of nitrogens with zero attached hydrogens (tertiary/aromatic N) is 1. The van der Waals surface area contributed by atoms with Gasteiger partial charge in [-0.3, -0.25) is 4.98 Å². The van der Waals surface area contributed by atoms with Crippen LogP contribution in [0.25, 0.3) is 0 Å². The van der Waals surface area contributed by atoms with Crippen LogP contribution in [0.5, 0.6) is 0 Å². The molecule has 0 bridgehead atoms. The van der Waals surface area contributed by atoms with Crippen molar-refractivity contribution in [3.05, 3.63) is 63.3 Å². The summed E-state index contributed by atoms with van der Waals surface area (Å²) >= 11 is 9.41. The molecule has 0 amide bonds. The number of pyridine rings is 1. The van der Waals surface area contributed by atoms with Gasteiger partial charge in [0.1, 0.15) is 0 Å². The molecule has 1 heterocycles. The Hall–Kier alpha value is -0.900. The Morgan fingerprint density at radius 3 is 2.67 bits per heavy atom. The van der Waals surface area contributed by atoms with Gasteiger partial charge >= 0.3 is 0 Å². The minimum atomic E-state index is 0.752. The van der Waals surface area contributed by atoms with Crippen molar-refractivity contribution < 1.29 is 0 Å². The van der Waals surface area contributed by atoms with Crippen molar-refractivity contribution in [2.45, 2.75) is 13.0 Å². The molecule has 0 aliphatic heterocycles. The lowest BCUT2D eigenvalue weighted by atomic mass is 10.2. The number of hydrogen-bond acceptors (Lipinski definition) is 2. The Kier molecular flexibility index (Phi) is 5.17. The van der Waals surface area contributed by atoms with E-state index in [1.165, 1.54) is 11.1 Å². The molecule has 2 rings (SSSR count). The highest BCUT2D eigenvalue weighted by molar-refractivity contribution is 9.10. The summed E-state index contributed by atoms with van der Waals surface area (Å²) < 4.78 is 1.05. The Morgan fingerprint density at radius 1 is 1.17 bits per heavy atom. The number of rotatable bonds is 5. The minimum Gasteiger partial charge on any atom is -0.312 e. The third-order valence-electron chi connectivity index (χ3n) is 2.67. The van der Waals surface area contributed by atoms with Crippen molar-refractivity contribution in [2.24, 2.45) is 0 Å². The van der Waals surface area contributed by atoms with Crippen molar-refractivity contribution in [2.75, 3.05) is 6.54 Å². The van der Waals surface area contributed by atoms with E-state index in [4.69, 9.17) is 11.6 Å². The van der Waals surface area contributed by atoms with Gasteiger partial charge in [-0.15, -0.1) is 0 Å². The SMILES string of the molecule is Clc1ccc(CNCCc2ccncc2)c(Br)c1. The fourth-order valence-electron chi connectivity index (χ4n) is 1.67. The van der Waals surface area contributed by atoms with E-state index >= 15 is 0 Å². The molecule has 2 aromatic rings. The summed E-state index contributed by atoms with van der Waals surface area (Å²) in [5.74, 6) is 0. The van der Waals surface area contributed by atoms with Gasteiger partial charge in [-0.1, -0.05) is 33.6 Å². The third-order valence-corrected chi connectivity index (χ3v) is 3.64. The van der Waals surface area contributed by atoms with E-state index in [1.807, 2.05) is 42.7 Å². The Bertz CT molecular complexity index is 502. The summed E-state index contributed by atoms with van der Waals surface area (Å²) in [6, 6.07) is 9.94. The van der Waals surface area contributed by atoms with Gasteiger partial charge in [-0.2, -0.15) is 0 Å². The molecule has 1 N–H and O–H groups in total. The zero-order chi connectivity index (χ0) is 12.8. The second-order valence-corrected chi connectivity index (χ2v) is 5.31. The molecule has 0 unspecified atom stereocenters. The number of benzene rings is 1. The molecule has 0 fully saturated rings. The first kappa shape index (κ1) is 13.5. The average Bonchev–Trinajstić information content (AvgIpc) is 2.38. The molecule has 1 aromatic heterocycles. The van der Waals surface area contributed by atoms with Crippen molar-refractivity contribution >= 4 is 27.5 Å². The van der Waals surface area contributed by atoms with Gasteiger partial charge in [-0.05, 0) is 48.4 Å². The van der Waals surface area contributed by atoms with Crippen molar-refractivity contribution in [1.82, 2.24) is 10.3 Å². The topological polar surface area (TPSA) is 24.9 Å². The molecule has 4 heteroatoms. The van der Waals surface area contributed by atoms with Crippen molar-refractivity contribution in [3.8, 4) is 0 Å². The Labute approximate surface area is 121 Å². The molecule has 0 saturated carbocycles. The number of hydrogen-bond donors (Lipinski definition) is 1. The predicted molar refractivity (Wildman–Crippen MR) is 78.8 cm³/mol. The van der Waals surface area contributed by atoms with E-state index in [9.17, 15) is 0 Å². The average molecular weight is 326 g/mol. The second kappa shape index (κ2) is 6.88. The van der Waals surface area contributed by atoms with Crippen LogP contribution >= 0.6 is 27.5 Å². The maximum atomic E-state index is 5.90. The monoisotopic (exact) mass is 324 g/mol. The molecule has 0 radical (unpaired) electrons. The van der Waals surface area contributed by atoms with Gasteiger partial charge in [-0.25, -0.2) is 0 Å². The maximum absolute atomic E-state index is 5.90. The highest BCUT2D eigenvalue weighted by Crippen LogP contribution is 2.21. The minimum absolute atomic E-state index is 0.752. The van der Waals surface area contributed by atoms with Crippen LogP contribution in [0.2, 0.25) is 5.02 Å². The number of nitrogens with one attached hydrogen (secondary N) is 1. The normalized spacial score (nSPS) is 10.6. The molecular weight excluding hydrogens is 312 g/mol. The number of aromatic nitrogens is 1. The molecule has 0 aliphatic rings. The van der Waals surface area contributed by atoms with Gasteiger partial charge in [0, 0.05) is 28.4 Å². The molecule has 0 saturated heterocycles. The summed E-state index contributed by atoms with van der Waals surface area (Å²) in [6.45, 7) is 1.78. The molecule has 0 aliphatic carbocycles. The standard InChI is InChI=1S/C14H14BrClN2/c15-14-9-13(16)2-1-12(14)10-18-8-5-11-3-6-17-7-4-11/h1-4,6-7,9,18H,5,8,10H2. The molecule has 2 nitrogen and oxygen atoms in total. The van der Waals surface area contributed by atoms with E-state index in [2.05, 4.69) is 26.2 Å². The lowest BCUT2D eigenvalue weighted by molar-refractivity contribution is 0.685. The van der Waals surface area contributed by atoms with Gasteiger partial charge in [0.05, 0.1) is 0 Å². The fourth-order valence-corrected chi connectivity index (χ4v) is 2.49. The lowest BCUT2D eigenvalue weighted by Crippen LogP contribution is -2.16. The van der Waals surface area contributed by atoms with Crippen molar-refractivity contribution in [1.29, 1.82) is 0 Å². The lowest BCUT2D eigenvalue weighted by Gasteiger charge is -2.07. The van der Waals surface area contributed by atoms with Gasteiger partial charge in [0.15, 0.2) is 0 Å². The van der Waals surface area contributed by atoms with E-state index in [0.717, 1.165) is 29.0 Å². The van der Waals surface area contributed by atoms with E-state index < -0.39 is 0 Å². The van der Waals surface area contributed by atoms with Crippen LogP contribution in [0, 0.1) is 0 Å². The van der Waals surface area contributed by atoms with Crippen LogP contribution < -0.4 is 5.32 Å². The van der Waals surface area contributed by atoms with Crippen molar-refractivity contribution in [3.63, 3.8) is 0 Å². The van der Waals surface area contributed by atoms with E-state index in [1.54, 1.807) is 0 Å². The molecule has 18 heavy (non-hydrogen) atoms. The summed E-state index contributed by atoms with van der Waals surface area (Å²) in [5, 5.41) is 4.17. The van der Waals surface area contributed by atoms with Crippen LogP contribution in [0.4, 0.5) is 0 Å². The highest BCUT2D eigenvalue weighted by Gasteiger charge is 2.00. The molecule has 0 spiro atoms. The summed E-state index contributed by atoms with van der Waals surface area (Å²) in [5.41, 5.74) is 2.52. The van der Waals surface area contributed by atoms with Gasteiger partial charge in [0.2, 0.25) is 0 Å². The summed E-state index contributed by atoms with van der Waals surface area (Å²) in [7, 11) is 0. The Morgan fingerprint density at radius 2 is 1.94 bits per heavy atom. The second-order valence-electron chi connectivity index (χ2n) is 4.02. The Balaban J connectivity index is 1.79. The van der Waals surface area contributed by atoms with Gasteiger partial charge in [0.25, 0.3) is 0 Å². The van der Waals surface area contributed by atoms with Crippen LogP contribution in [-0.2, 0) is 13.0 Å². The highest BCUT2D eigenvalue weighted by atomic mass is 79.9. The molecular formula is C14H14BrClN2. The first-order valence-corrected chi connectivity index (χ1v) is 6.96. The molecule has 0 atom stereocenters. The van der Waals surface area contributed by atoms with Gasteiger partial charge < -0.3 is 5.32 Å². The zero-order valence-corrected chi connectivity index (χ0v) is 12.2. The van der Waals surface area contributed by atoms with Crippen LogP contribution in [-0.4, -0.2) is 11.5 Å². The summed E-state index contributed by atoms with van der Waals surface area (Å²) in [6.07, 6.45) is 4.66. The first-order chi connectivity index (χ1) is 8.75. The third kappa shape index (κ3) is 4.09. The molecule has 1 aromatic carbocycles. The smallest absolute Gasteiger partial charge is 0.0417 e. The first-order valence-electron chi connectivity index (χ1n) is 5.79. The van der Waals surface area contributed by atoms with Crippen LogP contribution in [0.1, 0.15) is 11.1 Å². The van der Waals surface area contributed by atoms with E-state index in [-0.39, 0.29) is 0 Å². The maximum Gasteiger partial charge on any atom is 0.0417 e. The largest absolute Gasteiger partial charge is 0.312 e. The quantitative estimate of drug-likeness (QED) is 0.845. The number of halogens is 2. The van der Waals surface area contributed by atoms with Crippen LogP contribution in [0.3, 0.4) is 0 Å². The predicted octanol–water partition coefficient (Wildman–Crippen LogP) is 3.83. The summed E-state index contributed by atoms with van der Waals surface area (Å²) in [4.78, 5) is 4.00.